The van der Waals surface area contributed by atoms with Gasteiger partial charge >= 0.3 is 5.97 Å². The van der Waals surface area contributed by atoms with Gasteiger partial charge < -0.3 is 5.11 Å². The summed E-state index contributed by atoms with van der Waals surface area (Å²) < 4.78 is 12.9. The van der Waals surface area contributed by atoms with Crippen LogP contribution in [0.5, 0.6) is 0 Å². The molecule has 1 heterocycles. The monoisotopic (exact) mass is 344 g/mol. The first-order valence-corrected chi connectivity index (χ1v) is 7.22. The Hall–Kier alpha value is -1.61. The third-order valence-electron chi connectivity index (χ3n) is 2.23. The summed E-state index contributed by atoms with van der Waals surface area (Å²) in [5.41, 5.74) is 0.00502. The third kappa shape index (κ3) is 3.24. The number of carboxylic acids is 1. The molecule has 0 bridgehead atoms. The number of aromatic carboxylic acids is 1. The molecule has 19 heavy (non-hydrogen) atoms. The van der Waals surface area contributed by atoms with Gasteiger partial charge in [0.25, 0.3) is 0 Å². The Kier molecular flexibility index (Phi) is 4.05. The van der Waals surface area contributed by atoms with Crippen LogP contribution in [0.15, 0.2) is 27.6 Å². The Morgan fingerprint density at radius 1 is 1.53 bits per heavy atom. The van der Waals surface area contributed by atoms with Crippen LogP contribution in [0.4, 0.5) is 0 Å². The van der Waals surface area contributed by atoms with Crippen LogP contribution in [0.2, 0.25) is 0 Å². The quantitative estimate of drug-likeness (QED) is 0.887. The van der Waals surface area contributed by atoms with E-state index >= 15 is 0 Å². The molecule has 9 heteroatoms. The molecule has 1 unspecified atom stereocenters. The maximum atomic E-state index is 12.2. The second-order valence-electron chi connectivity index (χ2n) is 3.63. The van der Waals surface area contributed by atoms with Crippen LogP contribution in [0, 0.1) is 0 Å². The van der Waals surface area contributed by atoms with Gasteiger partial charge in [-0.2, -0.15) is 4.80 Å². The molecule has 100 valence electrons. The lowest BCUT2D eigenvalue weighted by molar-refractivity contribution is 0.0693. The first kappa shape index (κ1) is 13.8. The molecule has 0 saturated carbocycles. The zero-order valence-electron chi connectivity index (χ0n) is 9.78. The minimum absolute atomic E-state index is 0.00502. The zero-order chi connectivity index (χ0) is 14.0. The van der Waals surface area contributed by atoms with Gasteiger partial charge in [0.2, 0.25) is 0 Å². The summed E-state index contributed by atoms with van der Waals surface area (Å²) in [6, 6.07) is 4.52. The SMILES string of the molecule is Cn1nnc(CS(=O)c2cc(Br)ccc2C(=O)O)n1. The van der Waals surface area contributed by atoms with E-state index in [4.69, 9.17) is 5.11 Å². The number of benzene rings is 1. The first-order valence-electron chi connectivity index (χ1n) is 5.11. The van der Waals surface area contributed by atoms with Crippen molar-refractivity contribution in [3.05, 3.63) is 34.1 Å². The lowest BCUT2D eigenvalue weighted by atomic mass is 10.2. The van der Waals surface area contributed by atoms with E-state index in [0.29, 0.717) is 10.3 Å². The summed E-state index contributed by atoms with van der Waals surface area (Å²) in [5.74, 6) is -0.801. The number of nitrogens with zero attached hydrogens (tertiary/aromatic N) is 4. The minimum atomic E-state index is -1.55. The highest BCUT2D eigenvalue weighted by molar-refractivity contribution is 9.10. The fourth-order valence-corrected chi connectivity index (χ4v) is 3.11. The van der Waals surface area contributed by atoms with E-state index in [2.05, 4.69) is 31.3 Å². The molecule has 1 aromatic carbocycles. The van der Waals surface area contributed by atoms with Crippen LogP contribution in [0.25, 0.3) is 0 Å². The highest BCUT2D eigenvalue weighted by Crippen LogP contribution is 2.21. The van der Waals surface area contributed by atoms with Gasteiger partial charge in [0.1, 0.15) is 0 Å². The molecule has 2 rings (SSSR count). The van der Waals surface area contributed by atoms with Gasteiger partial charge in [-0.3, -0.25) is 4.21 Å². The van der Waals surface area contributed by atoms with E-state index < -0.39 is 16.8 Å². The number of carboxylic acid groups (broad SMARTS) is 1. The number of tetrazole rings is 1. The molecule has 0 spiro atoms. The molecule has 1 N–H and O–H groups in total. The van der Waals surface area contributed by atoms with Crippen molar-refractivity contribution >= 4 is 32.7 Å². The molecule has 0 aliphatic carbocycles. The maximum absolute atomic E-state index is 12.2. The van der Waals surface area contributed by atoms with E-state index in [-0.39, 0.29) is 16.2 Å². The second kappa shape index (κ2) is 5.57. The number of rotatable bonds is 4. The van der Waals surface area contributed by atoms with Crippen LogP contribution >= 0.6 is 15.9 Å². The number of aromatic nitrogens is 4. The largest absolute Gasteiger partial charge is 0.478 e. The number of hydrogen-bond donors (Lipinski definition) is 1. The number of halogens is 1. The van der Waals surface area contributed by atoms with E-state index in [1.54, 1.807) is 13.1 Å². The second-order valence-corrected chi connectivity index (χ2v) is 5.97. The Morgan fingerprint density at radius 2 is 2.26 bits per heavy atom. The molecule has 0 aliphatic rings. The average molecular weight is 345 g/mol. The normalized spacial score (nSPS) is 12.3. The van der Waals surface area contributed by atoms with Crippen molar-refractivity contribution in [1.82, 2.24) is 20.2 Å². The van der Waals surface area contributed by atoms with E-state index in [0.717, 1.165) is 0 Å². The molecule has 7 nitrogen and oxygen atoms in total. The van der Waals surface area contributed by atoms with Crippen LogP contribution in [-0.2, 0) is 23.6 Å². The lowest BCUT2D eigenvalue weighted by Gasteiger charge is -2.05. The van der Waals surface area contributed by atoms with Crippen molar-refractivity contribution in [2.75, 3.05) is 0 Å². The van der Waals surface area contributed by atoms with Crippen molar-refractivity contribution in [2.45, 2.75) is 10.6 Å². The summed E-state index contributed by atoms with van der Waals surface area (Å²) in [4.78, 5) is 12.6. The van der Waals surface area contributed by atoms with Gasteiger partial charge in [0.05, 0.1) is 34.1 Å². The topological polar surface area (TPSA) is 98.0 Å². The van der Waals surface area contributed by atoms with E-state index in [9.17, 15) is 9.00 Å². The van der Waals surface area contributed by atoms with Gasteiger partial charge in [-0.1, -0.05) is 15.9 Å². The standard InChI is InChI=1S/C10H9BrN4O3S/c1-15-13-9(12-14-15)5-19(18)8-4-6(11)2-3-7(8)10(16)17/h2-4H,5H2,1H3,(H,16,17). The molecule has 0 fully saturated rings. The third-order valence-corrected chi connectivity index (χ3v) is 4.07. The van der Waals surface area contributed by atoms with Gasteiger partial charge in [0.15, 0.2) is 5.82 Å². The Balaban J connectivity index is 2.32. The van der Waals surface area contributed by atoms with Gasteiger partial charge in [-0.05, 0) is 23.4 Å². The maximum Gasteiger partial charge on any atom is 0.336 e. The van der Waals surface area contributed by atoms with Gasteiger partial charge in [0, 0.05) is 4.47 Å². The summed E-state index contributed by atoms with van der Waals surface area (Å²) in [6.45, 7) is 0. The summed E-state index contributed by atoms with van der Waals surface area (Å²) >= 11 is 3.23. The molecular formula is C10H9BrN4O3S. The molecule has 0 amide bonds. The zero-order valence-corrected chi connectivity index (χ0v) is 12.2. The minimum Gasteiger partial charge on any atom is -0.478 e. The predicted octanol–water partition coefficient (Wildman–Crippen LogP) is 0.979. The molecule has 0 radical (unpaired) electrons. The predicted molar refractivity (Wildman–Crippen MR) is 70.0 cm³/mol. The lowest BCUT2D eigenvalue weighted by Crippen LogP contribution is -2.07. The highest BCUT2D eigenvalue weighted by Gasteiger charge is 2.17. The Morgan fingerprint density at radius 3 is 2.84 bits per heavy atom. The van der Waals surface area contributed by atoms with Crippen molar-refractivity contribution in [3.8, 4) is 0 Å². The highest BCUT2D eigenvalue weighted by atomic mass is 79.9. The molecule has 1 atom stereocenters. The van der Waals surface area contributed by atoms with E-state index in [1.165, 1.54) is 16.9 Å². The average Bonchev–Trinajstić information content (AvgIpc) is 2.74. The number of aryl methyl sites for hydroxylation is 1. The Bertz CT molecular complexity index is 658. The van der Waals surface area contributed by atoms with Crippen molar-refractivity contribution in [2.24, 2.45) is 7.05 Å². The fraction of sp³-hybridized carbons (Fsp3) is 0.200. The van der Waals surface area contributed by atoms with Crippen LogP contribution in [0.1, 0.15) is 16.2 Å². The molecule has 1 aromatic heterocycles. The van der Waals surface area contributed by atoms with E-state index in [1.807, 2.05) is 0 Å². The van der Waals surface area contributed by atoms with Crippen molar-refractivity contribution < 1.29 is 14.1 Å². The van der Waals surface area contributed by atoms with Crippen molar-refractivity contribution in [1.29, 1.82) is 0 Å². The number of carbonyl (C=O) groups is 1. The molecule has 0 saturated heterocycles. The molecule has 0 aliphatic heterocycles. The van der Waals surface area contributed by atoms with Crippen LogP contribution in [0.3, 0.4) is 0 Å². The first-order chi connectivity index (χ1) is 8.97. The van der Waals surface area contributed by atoms with Crippen molar-refractivity contribution in [3.63, 3.8) is 0 Å². The fourth-order valence-electron chi connectivity index (χ4n) is 1.44. The van der Waals surface area contributed by atoms with Crippen LogP contribution in [-0.4, -0.2) is 35.5 Å². The van der Waals surface area contributed by atoms with Crippen LogP contribution < -0.4 is 0 Å². The smallest absolute Gasteiger partial charge is 0.336 e. The summed E-state index contributed by atoms with van der Waals surface area (Å²) in [5, 5.41) is 20.4. The molecular weight excluding hydrogens is 336 g/mol. The summed E-state index contributed by atoms with van der Waals surface area (Å²) in [6.07, 6.45) is 0. The Labute approximate surface area is 119 Å². The summed E-state index contributed by atoms with van der Waals surface area (Å²) in [7, 11) is 0.0458. The molecule has 2 aromatic rings. The van der Waals surface area contributed by atoms with Gasteiger partial charge in [-0.25, -0.2) is 4.79 Å². The number of hydrogen-bond acceptors (Lipinski definition) is 5. The van der Waals surface area contributed by atoms with Gasteiger partial charge in [-0.15, -0.1) is 10.2 Å².